The van der Waals surface area contributed by atoms with Crippen molar-refractivity contribution in [1.29, 1.82) is 0 Å². The van der Waals surface area contributed by atoms with Gasteiger partial charge in [0.25, 0.3) is 5.91 Å². The van der Waals surface area contributed by atoms with Crippen molar-refractivity contribution in [3.8, 4) is 0 Å². The van der Waals surface area contributed by atoms with Gasteiger partial charge in [-0.25, -0.2) is 4.98 Å². The summed E-state index contributed by atoms with van der Waals surface area (Å²) >= 11 is 11.0. The summed E-state index contributed by atoms with van der Waals surface area (Å²) in [6, 6.07) is 13.0. The van der Waals surface area contributed by atoms with Gasteiger partial charge in [0.05, 0.1) is 21.4 Å². The minimum absolute atomic E-state index is 0.153. The van der Waals surface area contributed by atoms with Crippen molar-refractivity contribution >= 4 is 55.7 Å². The van der Waals surface area contributed by atoms with Crippen molar-refractivity contribution in [2.45, 2.75) is 6.54 Å². The molecule has 1 aromatic carbocycles. The number of rotatable bonds is 3. The number of fused-ring (bicyclic) bond motifs is 1. The Labute approximate surface area is 139 Å². The van der Waals surface area contributed by atoms with Crippen molar-refractivity contribution in [3.05, 3.63) is 61.8 Å². The summed E-state index contributed by atoms with van der Waals surface area (Å²) in [5, 5.41) is 4.03. The molecule has 21 heavy (non-hydrogen) atoms. The predicted octanol–water partition coefficient (Wildman–Crippen LogP) is 4.64. The van der Waals surface area contributed by atoms with Crippen LogP contribution >= 0.6 is 38.9 Å². The van der Waals surface area contributed by atoms with Gasteiger partial charge in [-0.05, 0) is 40.2 Å². The van der Waals surface area contributed by atoms with Crippen LogP contribution in [0.1, 0.15) is 15.2 Å². The Morgan fingerprint density at radius 1 is 1.29 bits per heavy atom. The molecule has 1 N–H and O–H groups in total. The minimum Gasteiger partial charge on any atom is -0.347 e. The molecular formula is C15H10BrClN2OS. The molecule has 0 radical (unpaired) electrons. The molecule has 3 rings (SSSR count). The smallest absolute Gasteiger partial charge is 0.252 e. The van der Waals surface area contributed by atoms with Gasteiger partial charge in [-0.2, -0.15) is 0 Å². The van der Waals surface area contributed by atoms with Crippen LogP contribution in [0.3, 0.4) is 0 Å². The molecule has 0 saturated carbocycles. The number of carbonyl (C=O) groups is 1. The third-order valence-corrected chi connectivity index (χ3v) is 4.80. The van der Waals surface area contributed by atoms with Crippen molar-refractivity contribution in [1.82, 2.24) is 10.3 Å². The number of benzene rings is 1. The molecular weight excluding hydrogens is 372 g/mol. The van der Waals surface area contributed by atoms with Crippen LogP contribution in [0.4, 0.5) is 0 Å². The maximum Gasteiger partial charge on any atom is 0.252 e. The fourth-order valence-electron chi connectivity index (χ4n) is 2.04. The lowest BCUT2D eigenvalue weighted by molar-refractivity contribution is 0.0953. The standard InChI is InChI=1S/C15H10BrClN2OS/c16-13-6-5-9(21-13)8-18-15(20)11-7-14(17)19-12-4-2-1-3-10(11)12/h1-7H,8H2,(H,18,20). The van der Waals surface area contributed by atoms with Gasteiger partial charge < -0.3 is 5.32 Å². The van der Waals surface area contributed by atoms with Gasteiger partial charge in [0.1, 0.15) is 5.15 Å². The Bertz CT molecular complexity index is 818. The van der Waals surface area contributed by atoms with Crippen LogP contribution in [0, 0.1) is 0 Å². The molecule has 2 aromatic heterocycles. The number of halogens is 2. The van der Waals surface area contributed by atoms with E-state index in [1.165, 1.54) is 0 Å². The van der Waals surface area contributed by atoms with E-state index in [0.29, 0.717) is 22.8 Å². The first-order valence-corrected chi connectivity index (χ1v) is 8.20. The molecule has 1 amide bonds. The first-order chi connectivity index (χ1) is 10.1. The van der Waals surface area contributed by atoms with Crippen molar-refractivity contribution in [2.75, 3.05) is 0 Å². The summed E-state index contributed by atoms with van der Waals surface area (Å²) in [6.45, 7) is 0.489. The molecule has 0 aliphatic heterocycles. The van der Waals surface area contributed by atoms with E-state index in [1.54, 1.807) is 17.4 Å². The lowest BCUT2D eigenvalue weighted by Crippen LogP contribution is -2.22. The third-order valence-electron chi connectivity index (χ3n) is 2.98. The number of amides is 1. The molecule has 0 saturated heterocycles. The molecule has 0 fully saturated rings. The first kappa shape index (κ1) is 14.5. The monoisotopic (exact) mass is 380 g/mol. The van der Waals surface area contributed by atoms with Crippen LogP contribution in [0.5, 0.6) is 0 Å². The van der Waals surface area contributed by atoms with E-state index in [0.717, 1.165) is 14.0 Å². The average molecular weight is 382 g/mol. The van der Waals surface area contributed by atoms with Gasteiger partial charge in [-0.15, -0.1) is 11.3 Å². The number of aromatic nitrogens is 1. The Morgan fingerprint density at radius 2 is 2.10 bits per heavy atom. The highest BCUT2D eigenvalue weighted by Crippen LogP contribution is 2.23. The molecule has 0 aliphatic carbocycles. The highest BCUT2D eigenvalue weighted by Gasteiger charge is 2.12. The van der Waals surface area contributed by atoms with E-state index in [9.17, 15) is 4.79 Å². The second kappa shape index (κ2) is 6.13. The summed E-state index contributed by atoms with van der Waals surface area (Å²) in [5.74, 6) is -0.153. The number of nitrogens with one attached hydrogen (secondary N) is 1. The van der Waals surface area contributed by atoms with E-state index in [1.807, 2.05) is 36.4 Å². The predicted molar refractivity (Wildman–Crippen MR) is 89.9 cm³/mol. The fraction of sp³-hybridized carbons (Fsp3) is 0.0667. The van der Waals surface area contributed by atoms with Crippen LogP contribution in [-0.2, 0) is 6.54 Å². The number of nitrogens with zero attached hydrogens (tertiary/aromatic N) is 1. The summed E-state index contributed by atoms with van der Waals surface area (Å²) in [6.07, 6.45) is 0. The van der Waals surface area contributed by atoms with Crippen LogP contribution in [0.15, 0.2) is 46.3 Å². The Kier molecular flexibility index (Phi) is 4.24. The zero-order chi connectivity index (χ0) is 14.8. The SMILES string of the molecule is O=C(NCc1ccc(Br)s1)c1cc(Cl)nc2ccccc12. The molecule has 3 nitrogen and oxygen atoms in total. The first-order valence-electron chi connectivity index (χ1n) is 6.21. The van der Waals surface area contributed by atoms with Gasteiger partial charge >= 0.3 is 0 Å². The maximum atomic E-state index is 12.4. The van der Waals surface area contributed by atoms with Crippen LogP contribution in [0.25, 0.3) is 10.9 Å². The fourth-order valence-corrected chi connectivity index (χ4v) is 3.66. The number of carbonyl (C=O) groups excluding carboxylic acids is 1. The van der Waals surface area contributed by atoms with Crippen LogP contribution in [-0.4, -0.2) is 10.9 Å². The number of pyridine rings is 1. The summed E-state index contributed by atoms with van der Waals surface area (Å²) in [7, 11) is 0. The maximum absolute atomic E-state index is 12.4. The summed E-state index contributed by atoms with van der Waals surface area (Å²) < 4.78 is 1.05. The van der Waals surface area contributed by atoms with Crippen LogP contribution < -0.4 is 5.32 Å². The Balaban J connectivity index is 1.87. The Morgan fingerprint density at radius 3 is 2.86 bits per heavy atom. The lowest BCUT2D eigenvalue weighted by atomic mass is 10.1. The number of hydrogen-bond acceptors (Lipinski definition) is 3. The largest absolute Gasteiger partial charge is 0.347 e. The molecule has 0 bridgehead atoms. The van der Waals surface area contributed by atoms with Crippen molar-refractivity contribution in [2.24, 2.45) is 0 Å². The summed E-state index contributed by atoms with van der Waals surface area (Å²) in [5.41, 5.74) is 1.26. The van der Waals surface area contributed by atoms with Crippen LogP contribution in [0.2, 0.25) is 5.15 Å². The number of thiophene rings is 1. The van der Waals surface area contributed by atoms with E-state index < -0.39 is 0 Å². The molecule has 106 valence electrons. The van der Waals surface area contributed by atoms with E-state index in [-0.39, 0.29) is 5.91 Å². The molecule has 0 atom stereocenters. The molecule has 0 aliphatic rings. The van der Waals surface area contributed by atoms with E-state index in [2.05, 4.69) is 26.2 Å². The quantitative estimate of drug-likeness (QED) is 0.671. The molecule has 6 heteroatoms. The van der Waals surface area contributed by atoms with Gasteiger partial charge in [0.2, 0.25) is 0 Å². The highest BCUT2D eigenvalue weighted by molar-refractivity contribution is 9.11. The van der Waals surface area contributed by atoms with E-state index in [4.69, 9.17) is 11.6 Å². The normalized spacial score (nSPS) is 10.8. The van der Waals surface area contributed by atoms with Gasteiger partial charge in [-0.3, -0.25) is 4.79 Å². The highest BCUT2D eigenvalue weighted by atomic mass is 79.9. The van der Waals surface area contributed by atoms with Crippen molar-refractivity contribution < 1.29 is 4.79 Å². The molecule has 3 aromatic rings. The number of para-hydroxylation sites is 1. The number of hydrogen-bond donors (Lipinski definition) is 1. The molecule has 2 heterocycles. The van der Waals surface area contributed by atoms with Gasteiger partial charge in [0, 0.05) is 10.3 Å². The minimum atomic E-state index is -0.153. The molecule has 0 unspecified atom stereocenters. The van der Waals surface area contributed by atoms with Gasteiger partial charge in [-0.1, -0.05) is 29.8 Å². The average Bonchev–Trinajstić information content (AvgIpc) is 2.89. The second-order valence-electron chi connectivity index (χ2n) is 4.40. The van der Waals surface area contributed by atoms with Gasteiger partial charge in [0.15, 0.2) is 0 Å². The Hall–Kier alpha value is -1.43. The van der Waals surface area contributed by atoms with Crippen molar-refractivity contribution in [3.63, 3.8) is 0 Å². The topological polar surface area (TPSA) is 42.0 Å². The lowest BCUT2D eigenvalue weighted by Gasteiger charge is -2.07. The molecule has 0 spiro atoms. The van der Waals surface area contributed by atoms with E-state index >= 15 is 0 Å². The zero-order valence-corrected chi connectivity index (χ0v) is 13.9. The summed E-state index contributed by atoms with van der Waals surface area (Å²) in [4.78, 5) is 17.7. The third kappa shape index (κ3) is 3.26. The zero-order valence-electron chi connectivity index (χ0n) is 10.8. The second-order valence-corrected chi connectivity index (χ2v) is 7.33.